The molecule has 1 heterocycles. The molecule has 2 rings (SSSR count). The van der Waals surface area contributed by atoms with Crippen molar-refractivity contribution in [1.82, 2.24) is 10.6 Å². The van der Waals surface area contributed by atoms with Gasteiger partial charge in [0.25, 0.3) is 0 Å². The third-order valence-electron chi connectivity index (χ3n) is 3.30. The maximum absolute atomic E-state index is 5.41. The quantitative estimate of drug-likeness (QED) is 0.574. The van der Waals surface area contributed by atoms with Gasteiger partial charge >= 0.3 is 0 Å². The Bertz CT molecular complexity index is 579. The molecule has 0 atom stereocenters. The van der Waals surface area contributed by atoms with E-state index < -0.39 is 0 Å². The zero-order chi connectivity index (χ0) is 16.3. The third-order valence-corrected chi connectivity index (χ3v) is 4.03. The van der Waals surface area contributed by atoms with E-state index in [0.717, 1.165) is 25.7 Å². The Morgan fingerprint density at radius 3 is 2.48 bits per heavy atom. The molecule has 0 unspecified atom stereocenters. The molecule has 0 aliphatic rings. The minimum atomic E-state index is 0.676. The van der Waals surface area contributed by atoms with E-state index in [2.05, 4.69) is 63.6 Å². The van der Waals surface area contributed by atoms with Crippen molar-refractivity contribution in [3.63, 3.8) is 0 Å². The first-order valence-electron chi connectivity index (χ1n) is 8.00. The van der Waals surface area contributed by atoms with Crippen LogP contribution in [-0.4, -0.2) is 19.1 Å². The van der Waals surface area contributed by atoms with Gasteiger partial charge in [0.15, 0.2) is 5.96 Å². The van der Waals surface area contributed by atoms with Crippen LogP contribution in [0.1, 0.15) is 30.5 Å². The molecular weight excluding hydrogens is 306 g/mol. The number of benzene rings is 1. The second-order valence-corrected chi connectivity index (χ2v) is 5.91. The molecular formula is C18H25N3OS. The Balaban J connectivity index is 1.86. The van der Waals surface area contributed by atoms with Crippen LogP contribution in [-0.2, 0) is 24.4 Å². The van der Waals surface area contributed by atoms with Gasteiger partial charge in [-0.3, -0.25) is 0 Å². The highest BCUT2D eigenvalue weighted by Gasteiger charge is 2.00. The van der Waals surface area contributed by atoms with Crippen LogP contribution in [0.4, 0.5) is 0 Å². The monoisotopic (exact) mass is 331 g/mol. The van der Waals surface area contributed by atoms with E-state index in [1.54, 1.807) is 11.3 Å². The molecule has 0 saturated carbocycles. The number of guanidine groups is 1. The van der Waals surface area contributed by atoms with E-state index in [9.17, 15) is 0 Å². The van der Waals surface area contributed by atoms with Crippen molar-refractivity contribution in [2.75, 3.05) is 13.2 Å². The molecule has 0 saturated heterocycles. The SMILES string of the molecule is CCNC(=NCc1ccsc1)NCc1ccc(COCC)cc1. The van der Waals surface area contributed by atoms with Gasteiger partial charge in [0, 0.05) is 19.7 Å². The fourth-order valence-electron chi connectivity index (χ4n) is 2.05. The van der Waals surface area contributed by atoms with Crippen molar-refractivity contribution in [2.24, 2.45) is 4.99 Å². The predicted molar refractivity (Wildman–Crippen MR) is 97.7 cm³/mol. The van der Waals surface area contributed by atoms with Crippen molar-refractivity contribution in [3.8, 4) is 0 Å². The molecule has 2 N–H and O–H groups in total. The number of rotatable bonds is 8. The summed E-state index contributed by atoms with van der Waals surface area (Å²) in [7, 11) is 0. The van der Waals surface area contributed by atoms with Crippen LogP contribution < -0.4 is 10.6 Å². The van der Waals surface area contributed by atoms with Crippen LogP contribution in [0.5, 0.6) is 0 Å². The molecule has 0 aliphatic heterocycles. The summed E-state index contributed by atoms with van der Waals surface area (Å²) >= 11 is 1.70. The predicted octanol–water partition coefficient (Wildman–Crippen LogP) is 3.54. The average molecular weight is 331 g/mol. The Labute approximate surface area is 142 Å². The van der Waals surface area contributed by atoms with Crippen LogP contribution in [0.25, 0.3) is 0 Å². The van der Waals surface area contributed by atoms with E-state index in [1.165, 1.54) is 16.7 Å². The molecule has 0 aliphatic carbocycles. The number of ether oxygens (including phenoxy) is 1. The minimum Gasteiger partial charge on any atom is -0.377 e. The summed E-state index contributed by atoms with van der Waals surface area (Å²) in [5, 5.41) is 10.9. The van der Waals surface area contributed by atoms with Crippen molar-refractivity contribution < 1.29 is 4.74 Å². The minimum absolute atomic E-state index is 0.676. The lowest BCUT2D eigenvalue weighted by atomic mass is 10.1. The van der Waals surface area contributed by atoms with Gasteiger partial charge in [-0.2, -0.15) is 11.3 Å². The zero-order valence-corrected chi connectivity index (χ0v) is 14.7. The molecule has 0 fully saturated rings. The number of nitrogens with zero attached hydrogens (tertiary/aromatic N) is 1. The summed E-state index contributed by atoms with van der Waals surface area (Å²) in [4.78, 5) is 4.61. The largest absolute Gasteiger partial charge is 0.377 e. The Morgan fingerprint density at radius 2 is 1.83 bits per heavy atom. The Kier molecular flexibility index (Phi) is 7.63. The van der Waals surface area contributed by atoms with Crippen molar-refractivity contribution in [1.29, 1.82) is 0 Å². The van der Waals surface area contributed by atoms with Gasteiger partial charge in [0.05, 0.1) is 13.2 Å². The molecule has 0 spiro atoms. The zero-order valence-electron chi connectivity index (χ0n) is 13.8. The van der Waals surface area contributed by atoms with Gasteiger partial charge in [-0.05, 0) is 47.4 Å². The van der Waals surface area contributed by atoms with Gasteiger partial charge in [-0.1, -0.05) is 24.3 Å². The lowest BCUT2D eigenvalue weighted by Gasteiger charge is -2.11. The third kappa shape index (κ3) is 6.42. The van der Waals surface area contributed by atoms with Crippen molar-refractivity contribution >= 4 is 17.3 Å². The summed E-state index contributed by atoms with van der Waals surface area (Å²) in [5.41, 5.74) is 3.67. The fraction of sp³-hybridized carbons (Fsp3) is 0.389. The van der Waals surface area contributed by atoms with E-state index >= 15 is 0 Å². The van der Waals surface area contributed by atoms with E-state index in [4.69, 9.17) is 4.74 Å². The Hall–Kier alpha value is -1.85. The Morgan fingerprint density at radius 1 is 1.04 bits per heavy atom. The highest BCUT2D eigenvalue weighted by Crippen LogP contribution is 2.07. The standard InChI is InChI=1S/C18H25N3OS/c1-3-19-18(21-12-17-9-10-23-14-17)20-11-15-5-7-16(8-6-15)13-22-4-2/h5-10,14H,3-4,11-13H2,1-2H3,(H2,19,20,21). The maximum Gasteiger partial charge on any atom is 0.191 e. The van der Waals surface area contributed by atoms with Gasteiger partial charge in [-0.25, -0.2) is 4.99 Å². The summed E-state index contributed by atoms with van der Waals surface area (Å²) in [6.45, 7) is 7.81. The number of aliphatic imine (C=N–C) groups is 1. The van der Waals surface area contributed by atoms with Crippen LogP contribution in [0.15, 0.2) is 46.1 Å². The summed E-state index contributed by atoms with van der Waals surface area (Å²) in [6.07, 6.45) is 0. The van der Waals surface area contributed by atoms with E-state index in [0.29, 0.717) is 13.2 Å². The summed E-state index contributed by atoms with van der Waals surface area (Å²) in [6, 6.07) is 10.6. The maximum atomic E-state index is 5.41. The molecule has 5 heteroatoms. The average Bonchev–Trinajstić information content (AvgIpc) is 3.10. The second-order valence-electron chi connectivity index (χ2n) is 5.13. The lowest BCUT2D eigenvalue weighted by Crippen LogP contribution is -2.36. The smallest absolute Gasteiger partial charge is 0.191 e. The highest BCUT2D eigenvalue weighted by molar-refractivity contribution is 7.07. The van der Waals surface area contributed by atoms with Gasteiger partial charge in [0.1, 0.15) is 0 Å². The summed E-state index contributed by atoms with van der Waals surface area (Å²) in [5.74, 6) is 0.845. The lowest BCUT2D eigenvalue weighted by molar-refractivity contribution is 0.134. The topological polar surface area (TPSA) is 45.7 Å². The molecule has 1 aromatic carbocycles. The van der Waals surface area contributed by atoms with Gasteiger partial charge < -0.3 is 15.4 Å². The molecule has 0 amide bonds. The van der Waals surface area contributed by atoms with Gasteiger partial charge in [-0.15, -0.1) is 0 Å². The molecule has 4 nitrogen and oxygen atoms in total. The van der Waals surface area contributed by atoms with Crippen LogP contribution in [0, 0.1) is 0 Å². The number of nitrogens with one attached hydrogen (secondary N) is 2. The first-order valence-corrected chi connectivity index (χ1v) is 8.95. The fourth-order valence-corrected chi connectivity index (χ4v) is 2.71. The van der Waals surface area contributed by atoms with Crippen molar-refractivity contribution in [3.05, 3.63) is 57.8 Å². The second kappa shape index (κ2) is 10.0. The van der Waals surface area contributed by atoms with Crippen LogP contribution in [0.3, 0.4) is 0 Å². The molecule has 2 aromatic rings. The normalized spacial score (nSPS) is 11.5. The van der Waals surface area contributed by atoms with Crippen LogP contribution >= 0.6 is 11.3 Å². The molecule has 124 valence electrons. The molecule has 1 aromatic heterocycles. The molecule has 23 heavy (non-hydrogen) atoms. The number of thiophene rings is 1. The molecule has 0 radical (unpaired) electrons. The first-order chi connectivity index (χ1) is 11.3. The van der Waals surface area contributed by atoms with Crippen molar-refractivity contribution in [2.45, 2.75) is 33.5 Å². The first kappa shape index (κ1) is 17.5. The van der Waals surface area contributed by atoms with Crippen LogP contribution in [0.2, 0.25) is 0 Å². The van der Waals surface area contributed by atoms with E-state index in [-0.39, 0.29) is 0 Å². The van der Waals surface area contributed by atoms with Gasteiger partial charge in [0.2, 0.25) is 0 Å². The number of hydrogen-bond donors (Lipinski definition) is 2. The molecule has 0 bridgehead atoms. The van der Waals surface area contributed by atoms with E-state index in [1.807, 2.05) is 6.92 Å². The number of hydrogen-bond acceptors (Lipinski definition) is 3. The highest BCUT2D eigenvalue weighted by atomic mass is 32.1. The summed E-state index contributed by atoms with van der Waals surface area (Å²) < 4.78 is 5.41.